The Kier molecular flexibility index (Phi) is 12.8. The standard InChI is InChI=1S/C24H27N3O3.C5H10O3.CH4O/c28-14-13-27(12-11-19-16-25-22-4-2-1-3-20(19)22)23-9-7-18-15-17(5-8-21(18)23)6-10-24(29)26-30;6-4-1-5(7)3-8-2-4;1-2/h1-6,8,10,15-16,23,25,28,30H,7,9,11-14H2,(H,26,29);4-7H,1-3H2;2H,1H3/b10-6+;;. The van der Waals surface area contributed by atoms with Gasteiger partial charge in [0.05, 0.1) is 32.0 Å². The largest absolute Gasteiger partial charge is 0.400 e. The normalized spacial score (nSPS) is 20.0. The van der Waals surface area contributed by atoms with Gasteiger partial charge in [-0.25, -0.2) is 5.48 Å². The lowest BCUT2D eigenvalue weighted by atomic mass is 10.0. The Morgan fingerprint density at radius 2 is 1.88 bits per heavy atom. The molecule has 3 unspecified atom stereocenters. The van der Waals surface area contributed by atoms with Gasteiger partial charge < -0.3 is 30.1 Å². The molecule has 5 rings (SSSR count). The van der Waals surface area contributed by atoms with Gasteiger partial charge in [-0.2, -0.15) is 0 Å². The number of ether oxygens (including phenoxy) is 1. The smallest absolute Gasteiger partial charge is 0.267 e. The van der Waals surface area contributed by atoms with Gasteiger partial charge in [0.2, 0.25) is 0 Å². The van der Waals surface area contributed by atoms with Crippen molar-refractivity contribution in [2.24, 2.45) is 0 Å². The number of para-hydroxylation sites is 1. The maximum absolute atomic E-state index is 11.2. The van der Waals surface area contributed by atoms with E-state index < -0.39 is 18.1 Å². The molecule has 0 bridgehead atoms. The second kappa shape index (κ2) is 16.2. The molecular weight excluding hydrogens is 514 g/mol. The topological polar surface area (TPSA) is 159 Å². The number of aromatic nitrogens is 1. The Morgan fingerprint density at radius 3 is 2.55 bits per heavy atom. The third-order valence-corrected chi connectivity index (χ3v) is 7.09. The molecule has 1 aromatic heterocycles. The molecule has 10 nitrogen and oxygen atoms in total. The van der Waals surface area contributed by atoms with Gasteiger partial charge >= 0.3 is 0 Å². The predicted molar refractivity (Wildman–Crippen MR) is 153 cm³/mol. The number of nitrogens with one attached hydrogen (secondary N) is 2. The minimum absolute atomic E-state index is 0.136. The third kappa shape index (κ3) is 8.70. The molecule has 218 valence electrons. The average Bonchev–Trinajstić information content (AvgIpc) is 3.59. The fraction of sp³-hybridized carbons (Fsp3) is 0.433. The Labute approximate surface area is 234 Å². The van der Waals surface area contributed by atoms with Crippen molar-refractivity contribution in [2.45, 2.75) is 43.9 Å². The van der Waals surface area contributed by atoms with Gasteiger partial charge in [-0.05, 0) is 53.7 Å². The predicted octanol–water partition coefficient (Wildman–Crippen LogP) is 1.95. The minimum atomic E-state index is -0.542. The number of rotatable bonds is 8. The number of hydroxylamine groups is 1. The first-order valence-corrected chi connectivity index (χ1v) is 13.5. The van der Waals surface area contributed by atoms with Crippen LogP contribution in [0.3, 0.4) is 0 Å². The molecule has 2 heterocycles. The molecule has 1 fully saturated rings. The summed E-state index contributed by atoms with van der Waals surface area (Å²) in [5, 5.41) is 44.1. The van der Waals surface area contributed by atoms with E-state index >= 15 is 0 Å². The van der Waals surface area contributed by atoms with Crippen LogP contribution in [0.25, 0.3) is 17.0 Å². The highest BCUT2D eigenvalue weighted by Gasteiger charge is 2.27. The number of aliphatic hydroxyl groups excluding tert-OH is 4. The first-order valence-electron chi connectivity index (χ1n) is 13.5. The quantitative estimate of drug-likeness (QED) is 0.126. The van der Waals surface area contributed by atoms with Crippen LogP contribution in [0.5, 0.6) is 0 Å². The van der Waals surface area contributed by atoms with E-state index in [0.717, 1.165) is 44.0 Å². The summed E-state index contributed by atoms with van der Waals surface area (Å²) in [7, 11) is 1.00. The number of amides is 1. The van der Waals surface area contributed by atoms with Crippen LogP contribution in [0.2, 0.25) is 0 Å². The number of aliphatic hydroxyl groups is 4. The van der Waals surface area contributed by atoms with E-state index in [-0.39, 0.29) is 12.6 Å². The highest BCUT2D eigenvalue weighted by atomic mass is 16.5. The molecule has 40 heavy (non-hydrogen) atoms. The lowest BCUT2D eigenvalue weighted by Gasteiger charge is -2.29. The van der Waals surface area contributed by atoms with Crippen LogP contribution in [0, 0.1) is 0 Å². The summed E-state index contributed by atoms with van der Waals surface area (Å²) in [4.78, 5) is 16.9. The van der Waals surface area contributed by atoms with Crippen LogP contribution in [0.1, 0.15) is 41.1 Å². The van der Waals surface area contributed by atoms with Crippen LogP contribution >= 0.6 is 0 Å². The molecule has 0 spiro atoms. The zero-order valence-electron chi connectivity index (χ0n) is 22.9. The van der Waals surface area contributed by atoms with Gasteiger partial charge in [-0.3, -0.25) is 14.9 Å². The first kappa shape index (κ1) is 31.4. The number of carbonyl (C=O) groups is 1. The maximum atomic E-state index is 11.2. The molecule has 2 aliphatic rings. The van der Waals surface area contributed by atoms with Gasteiger partial charge in [0.1, 0.15) is 0 Å². The van der Waals surface area contributed by atoms with Crippen molar-refractivity contribution in [3.8, 4) is 0 Å². The summed E-state index contributed by atoms with van der Waals surface area (Å²) < 4.78 is 4.79. The highest BCUT2D eigenvalue weighted by molar-refractivity contribution is 5.90. The van der Waals surface area contributed by atoms with Crippen molar-refractivity contribution in [3.63, 3.8) is 0 Å². The summed E-state index contributed by atoms with van der Waals surface area (Å²) in [6.07, 6.45) is 7.56. The van der Waals surface area contributed by atoms with E-state index in [1.807, 2.05) is 12.1 Å². The summed E-state index contributed by atoms with van der Waals surface area (Å²) in [5.41, 5.74) is 7.57. The van der Waals surface area contributed by atoms with Gasteiger partial charge in [-0.1, -0.05) is 36.4 Å². The van der Waals surface area contributed by atoms with Crippen molar-refractivity contribution in [1.82, 2.24) is 15.4 Å². The number of nitrogens with zero attached hydrogens (tertiary/aromatic N) is 1. The van der Waals surface area contributed by atoms with Gasteiger partial charge in [0.25, 0.3) is 5.91 Å². The molecule has 0 saturated carbocycles. The van der Waals surface area contributed by atoms with E-state index in [1.54, 1.807) is 11.6 Å². The zero-order chi connectivity index (χ0) is 28.9. The average molecular weight is 556 g/mol. The molecule has 2 aromatic carbocycles. The first-order chi connectivity index (χ1) is 19.5. The van der Waals surface area contributed by atoms with E-state index in [0.29, 0.717) is 26.2 Å². The van der Waals surface area contributed by atoms with Crippen molar-refractivity contribution in [2.75, 3.05) is 40.0 Å². The fourth-order valence-electron chi connectivity index (χ4n) is 5.25. The minimum Gasteiger partial charge on any atom is -0.400 e. The number of fused-ring (bicyclic) bond motifs is 2. The number of aromatic amines is 1. The van der Waals surface area contributed by atoms with E-state index in [1.165, 1.54) is 28.2 Å². The van der Waals surface area contributed by atoms with Crippen LogP contribution in [0.4, 0.5) is 0 Å². The van der Waals surface area contributed by atoms with Crippen molar-refractivity contribution in [3.05, 3.63) is 77.0 Å². The number of benzene rings is 2. The fourth-order valence-corrected chi connectivity index (χ4v) is 5.25. The van der Waals surface area contributed by atoms with E-state index in [4.69, 9.17) is 25.3 Å². The molecule has 10 heteroatoms. The van der Waals surface area contributed by atoms with Crippen molar-refractivity contribution >= 4 is 22.9 Å². The summed E-state index contributed by atoms with van der Waals surface area (Å²) >= 11 is 0. The van der Waals surface area contributed by atoms with Crippen molar-refractivity contribution in [1.29, 1.82) is 0 Å². The molecule has 3 atom stereocenters. The van der Waals surface area contributed by atoms with Gasteiger partial charge in [-0.15, -0.1) is 0 Å². The second-order valence-electron chi connectivity index (χ2n) is 9.77. The number of carbonyl (C=O) groups excluding carboxylic acids is 1. The number of H-pyrrole nitrogens is 1. The van der Waals surface area contributed by atoms with Crippen molar-refractivity contribution < 1.29 is 35.2 Å². The summed E-state index contributed by atoms with van der Waals surface area (Å²) in [6, 6.07) is 14.9. The Balaban J connectivity index is 0.000000376. The molecule has 1 amide bonds. The molecule has 1 saturated heterocycles. The molecule has 1 aliphatic heterocycles. The summed E-state index contributed by atoms with van der Waals surface area (Å²) in [5.74, 6) is -0.542. The van der Waals surface area contributed by atoms with E-state index in [9.17, 15) is 9.90 Å². The van der Waals surface area contributed by atoms with Crippen LogP contribution in [-0.2, 0) is 22.4 Å². The van der Waals surface area contributed by atoms with Gasteiger partial charge in [0, 0.05) is 55.8 Å². The lowest BCUT2D eigenvalue weighted by Crippen LogP contribution is -2.32. The Bertz CT molecular complexity index is 1220. The lowest BCUT2D eigenvalue weighted by molar-refractivity contribution is -0.124. The Morgan fingerprint density at radius 1 is 1.12 bits per heavy atom. The molecule has 7 N–H and O–H groups in total. The molecule has 0 radical (unpaired) electrons. The molecule has 1 aliphatic carbocycles. The van der Waals surface area contributed by atoms with E-state index in [2.05, 4.69) is 46.4 Å². The SMILES string of the molecule is CO.O=C(/C=C/c1ccc2c(c1)CCC2N(CCO)CCc1c[nH]c2ccccc12)NO.OC1COCC(O)C1. The van der Waals surface area contributed by atoms with Crippen LogP contribution in [-0.4, -0.2) is 93.7 Å². The third-order valence-electron chi connectivity index (χ3n) is 7.09. The zero-order valence-corrected chi connectivity index (χ0v) is 22.9. The summed E-state index contributed by atoms with van der Waals surface area (Å²) in [6.45, 7) is 2.40. The molecule has 3 aromatic rings. The molecular formula is C30H41N3O7. The number of hydrogen-bond acceptors (Lipinski definition) is 8. The highest BCUT2D eigenvalue weighted by Crippen LogP contribution is 2.36. The monoisotopic (exact) mass is 555 g/mol. The number of aryl methyl sites for hydroxylation is 1. The van der Waals surface area contributed by atoms with Crippen LogP contribution < -0.4 is 5.48 Å². The van der Waals surface area contributed by atoms with Crippen LogP contribution in [0.15, 0.2) is 54.7 Å². The second-order valence-corrected chi connectivity index (χ2v) is 9.77. The Hall–Kier alpha value is -3.09. The van der Waals surface area contributed by atoms with Gasteiger partial charge in [0.15, 0.2) is 0 Å². The number of hydrogen-bond donors (Lipinski definition) is 7. The maximum Gasteiger partial charge on any atom is 0.267 e.